The summed E-state index contributed by atoms with van der Waals surface area (Å²) in [5, 5.41) is 5.91. The Hall–Kier alpha value is -2.06. The highest BCUT2D eigenvalue weighted by Gasteiger charge is 2.11. The normalized spacial score (nSPS) is 12.3. The minimum absolute atomic E-state index is 0.0380. The van der Waals surface area contributed by atoms with Crippen LogP contribution in [0.2, 0.25) is 5.02 Å². The molecule has 3 aromatic carbocycles. The SMILES string of the molecule is CC(Nc1c(F)cccc1Cl)c1ccc2ccccc2c1. The summed E-state index contributed by atoms with van der Waals surface area (Å²) in [6, 6.07) is 19.1. The van der Waals surface area contributed by atoms with Gasteiger partial charge in [-0.25, -0.2) is 4.39 Å². The van der Waals surface area contributed by atoms with E-state index in [0.29, 0.717) is 10.7 Å². The van der Waals surface area contributed by atoms with Crippen molar-refractivity contribution in [3.8, 4) is 0 Å². The fourth-order valence-corrected chi connectivity index (χ4v) is 2.63. The third-order valence-corrected chi connectivity index (χ3v) is 3.91. The number of rotatable bonds is 3. The van der Waals surface area contributed by atoms with Crippen LogP contribution in [0.1, 0.15) is 18.5 Å². The fourth-order valence-electron chi connectivity index (χ4n) is 2.41. The number of fused-ring (bicyclic) bond motifs is 1. The molecule has 1 atom stereocenters. The number of benzene rings is 3. The van der Waals surface area contributed by atoms with Crippen LogP contribution in [-0.2, 0) is 0 Å². The van der Waals surface area contributed by atoms with Crippen molar-refractivity contribution in [2.75, 3.05) is 5.32 Å². The van der Waals surface area contributed by atoms with Gasteiger partial charge in [0.1, 0.15) is 5.82 Å². The maximum absolute atomic E-state index is 13.8. The smallest absolute Gasteiger partial charge is 0.147 e. The van der Waals surface area contributed by atoms with Crippen LogP contribution >= 0.6 is 11.6 Å². The van der Waals surface area contributed by atoms with Gasteiger partial charge in [0, 0.05) is 6.04 Å². The number of para-hydroxylation sites is 1. The highest BCUT2D eigenvalue weighted by molar-refractivity contribution is 6.33. The van der Waals surface area contributed by atoms with Gasteiger partial charge in [0.15, 0.2) is 0 Å². The van der Waals surface area contributed by atoms with Crippen LogP contribution < -0.4 is 5.32 Å². The van der Waals surface area contributed by atoms with Gasteiger partial charge >= 0.3 is 0 Å². The maximum atomic E-state index is 13.8. The highest BCUT2D eigenvalue weighted by atomic mass is 35.5. The standard InChI is InChI=1S/C18H15ClFN/c1-12(21-18-16(19)7-4-8-17(18)20)14-10-9-13-5-2-3-6-15(13)11-14/h2-12,21H,1H3. The third-order valence-electron chi connectivity index (χ3n) is 3.60. The monoisotopic (exact) mass is 299 g/mol. The zero-order valence-electron chi connectivity index (χ0n) is 11.6. The van der Waals surface area contributed by atoms with Gasteiger partial charge in [-0.2, -0.15) is 0 Å². The molecule has 3 rings (SSSR count). The van der Waals surface area contributed by atoms with Crippen molar-refractivity contribution >= 4 is 28.1 Å². The average Bonchev–Trinajstić information content (AvgIpc) is 2.50. The summed E-state index contributed by atoms with van der Waals surface area (Å²) in [6.45, 7) is 1.99. The molecule has 1 nitrogen and oxygen atoms in total. The molecule has 0 fully saturated rings. The summed E-state index contributed by atoms with van der Waals surface area (Å²) in [7, 11) is 0. The van der Waals surface area contributed by atoms with Crippen LogP contribution in [0.15, 0.2) is 60.7 Å². The summed E-state index contributed by atoms with van der Waals surface area (Å²) in [5.41, 5.74) is 1.44. The lowest BCUT2D eigenvalue weighted by Crippen LogP contribution is -2.08. The van der Waals surface area contributed by atoms with E-state index in [1.165, 1.54) is 16.8 Å². The van der Waals surface area contributed by atoms with E-state index in [2.05, 4.69) is 35.6 Å². The lowest BCUT2D eigenvalue weighted by atomic mass is 10.0. The molecule has 1 unspecified atom stereocenters. The van der Waals surface area contributed by atoms with Gasteiger partial charge in [0.05, 0.1) is 10.7 Å². The van der Waals surface area contributed by atoms with Gasteiger partial charge < -0.3 is 5.32 Å². The number of nitrogens with one attached hydrogen (secondary N) is 1. The molecule has 0 amide bonds. The second-order valence-corrected chi connectivity index (χ2v) is 5.48. The molecule has 0 aliphatic heterocycles. The molecule has 3 heteroatoms. The summed E-state index contributed by atoms with van der Waals surface area (Å²) >= 11 is 6.05. The van der Waals surface area contributed by atoms with Crippen LogP contribution in [0.5, 0.6) is 0 Å². The maximum Gasteiger partial charge on any atom is 0.147 e. The van der Waals surface area contributed by atoms with Crippen molar-refractivity contribution in [3.63, 3.8) is 0 Å². The fraction of sp³-hybridized carbons (Fsp3) is 0.111. The Kier molecular flexibility index (Phi) is 3.80. The number of anilines is 1. The lowest BCUT2D eigenvalue weighted by molar-refractivity contribution is 0.627. The molecule has 0 saturated heterocycles. The van der Waals surface area contributed by atoms with Gasteiger partial charge in [-0.15, -0.1) is 0 Å². The Morgan fingerprint density at radius 1 is 0.952 bits per heavy atom. The number of hydrogen-bond donors (Lipinski definition) is 1. The van der Waals surface area contributed by atoms with Gasteiger partial charge in [-0.05, 0) is 41.5 Å². The molecule has 0 saturated carbocycles. The van der Waals surface area contributed by atoms with E-state index in [4.69, 9.17) is 11.6 Å². The molecular formula is C18H15ClFN. The van der Waals surface area contributed by atoms with E-state index in [0.717, 1.165) is 5.56 Å². The zero-order valence-corrected chi connectivity index (χ0v) is 12.4. The number of hydrogen-bond acceptors (Lipinski definition) is 1. The van der Waals surface area contributed by atoms with Gasteiger partial charge in [0.2, 0.25) is 0 Å². The largest absolute Gasteiger partial charge is 0.375 e. The molecule has 0 spiro atoms. The Morgan fingerprint density at radius 2 is 1.71 bits per heavy atom. The van der Waals surface area contributed by atoms with E-state index in [1.54, 1.807) is 12.1 Å². The van der Waals surface area contributed by atoms with Crippen molar-refractivity contribution in [3.05, 3.63) is 77.1 Å². The van der Waals surface area contributed by atoms with E-state index >= 15 is 0 Å². The first-order valence-corrected chi connectivity index (χ1v) is 7.22. The zero-order chi connectivity index (χ0) is 14.8. The second-order valence-electron chi connectivity index (χ2n) is 5.07. The van der Waals surface area contributed by atoms with Crippen LogP contribution in [0, 0.1) is 5.82 Å². The molecule has 0 bridgehead atoms. The summed E-state index contributed by atoms with van der Waals surface area (Å²) in [5.74, 6) is -0.338. The van der Waals surface area contributed by atoms with Crippen molar-refractivity contribution in [1.82, 2.24) is 0 Å². The highest BCUT2D eigenvalue weighted by Crippen LogP contribution is 2.29. The van der Waals surface area contributed by atoms with Crippen LogP contribution in [0.3, 0.4) is 0 Å². The first-order valence-electron chi connectivity index (χ1n) is 6.84. The van der Waals surface area contributed by atoms with Gasteiger partial charge in [0.25, 0.3) is 0 Å². The first-order chi connectivity index (χ1) is 10.1. The minimum atomic E-state index is -0.338. The van der Waals surface area contributed by atoms with Crippen LogP contribution in [0.25, 0.3) is 10.8 Å². The molecule has 21 heavy (non-hydrogen) atoms. The first kappa shape index (κ1) is 13.9. The number of halogens is 2. The molecule has 0 aromatic heterocycles. The Balaban J connectivity index is 1.91. The minimum Gasteiger partial charge on any atom is -0.375 e. The molecule has 0 aliphatic carbocycles. The van der Waals surface area contributed by atoms with E-state index in [-0.39, 0.29) is 11.9 Å². The molecule has 3 aromatic rings. The Morgan fingerprint density at radius 3 is 2.48 bits per heavy atom. The predicted molar refractivity (Wildman–Crippen MR) is 87.4 cm³/mol. The van der Waals surface area contributed by atoms with Crippen molar-refractivity contribution < 1.29 is 4.39 Å². The average molecular weight is 300 g/mol. The summed E-state index contributed by atoms with van der Waals surface area (Å²) in [6.07, 6.45) is 0. The second kappa shape index (κ2) is 5.74. The molecular weight excluding hydrogens is 285 g/mol. The van der Waals surface area contributed by atoms with Crippen molar-refractivity contribution in [2.45, 2.75) is 13.0 Å². The van der Waals surface area contributed by atoms with E-state index < -0.39 is 0 Å². The Bertz CT molecular complexity index is 765. The van der Waals surface area contributed by atoms with Crippen LogP contribution in [-0.4, -0.2) is 0 Å². The molecule has 0 aliphatic rings. The van der Waals surface area contributed by atoms with Crippen molar-refractivity contribution in [1.29, 1.82) is 0 Å². The summed E-state index contributed by atoms with van der Waals surface area (Å²) in [4.78, 5) is 0. The van der Waals surface area contributed by atoms with E-state index in [1.807, 2.05) is 19.1 Å². The Labute approximate surface area is 128 Å². The van der Waals surface area contributed by atoms with E-state index in [9.17, 15) is 4.39 Å². The van der Waals surface area contributed by atoms with Crippen LogP contribution in [0.4, 0.5) is 10.1 Å². The molecule has 106 valence electrons. The van der Waals surface area contributed by atoms with Gasteiger partial charge in [-0.3, -0.25) is 0 Å². The molecule has 1 N–H and O–H groups in total. The topological polar surface area (TPSA) is 12.0 Å². The third kappa shape index (κ3) is 2.86. The van der Waals surface area contributed by atoms with Gasteiger partial charge in [-0.1, -0.05) is 54.1 Å². The van der Waals surface area contributed by atoms with Crippen molar-refractivity contribution in [2.24, 2.45) is 0 Å². The molecule has 0 heterocycles. The predicted octanol–water partition coefficient (Wildman–Crippen LogP) is 5.81. The summed E-state index contributed by atoms with van der Waals surface area (Å²) < 4.78 is 13.8. The quantitative estimate of drug-likeness (QED) is 0.644. The molecule has 0 radical (unpaired) electrons. The lowest BCUT2D eigenvalue weighted by Gasteiger charge is -2.18.